The second-order valence-corrected chi connectivity index (χ2v) is 3.64. The molecule has 0 saturated heterocycles. The van der Waals surface area contributed by atoms with E-state index in [0.717, 1.165) is 5.56 Å². The number of nitrogens with one attached hydrogen (secondary N) is 1. The van der Waals surface area contributed by atoms with Crippen LogP contribution >= 0.6 is 0 Å². The molecule has 19 heavy (non-hydrogen) atoms. The number of anilines is 1. The van der Waals surface area contributed by atoms with Crippen LogP contribution in [0.15, 0.2) is 41.1 Å². The van der Waals surface area contributed by atoms with E-state index in [1.165, 1.54) is 6.26 Å². The fourth-order valence-electron chi connectivity index (χ4n) is 1.38. The molecule has 1 amide bonds. The lowest BCUT2D eigenvalue weighted by Gasteiger charge is -2.02. The van der Waals surface area contributed by atoms with Crippen LogP contribution in [0.5, 0.6) is 0 Å². The van der Waals surface area contributed by atoms with Crippen LogP contribution in [0.3, 0.4) is 0 Å². The van der Waals surface area contributed by atoms with E-state index in [4.69, 9.17) is 9.52 Å². The minimum Gasteiger partial charge on any atom is -0.459 e. The normalized spacial score (nSPS) is 9.53. The second kappa shape index (κ2) is 6.38. The van der Waals surface area contributed by atoms with Crippen molar-refractivity contribution in [3.63, 3.8) is 0 Å². The smallest absolute Gasteiger partial charge is 0.292 e. The lowest BCUT2D eigenvalue weighted by molar-refractivity contribution is 0.0996. The van der Waals surface area contributed by atoms with Gasteiger partial charge in [0.2, 0.25) is 0 Å². The number of hydrogen-bond donors (Lipinski definition) is 2. The van der Waals surface area contributed by atoms with Crippen molar-refractivity contribution in [2.75, 3.05) is 11.9 Å². The molecule has 0 aromatic carbocycles. The van der Waals surface area contributed by atoms with Crippen molar-refractivity contribution in [1.29, 1.82) is 0 Å². The van der Waals surface area contributed by atoms with Crippen LogP contribution in [-0.4, -0.2) is 22.6 Å². The van der Waals surface area contributed by atoms with Gasteiger partial charge in [-0.05, 0) is 24.3 Å². The summed E-state index contributed by atoms with van der Waals surface area (Å²) in [5, 5.41) is 11.3. The number of pyridine rings is 1. The molecule has 0 radical (unpaired) electrons. The molecule has 5 heteroatoms. The van der Waals surface area contributed by atoms with Crippen LogP contribution in [0.4, 0.5) is 5.82 Å². The molecule has 2 aromatic heterocycles. The van der Waals surface area contributed by atoms with Gasteiger partial charge in [-0.3, -0.25) is 4.79 Å². The molecular formula is C14H12N2O3. The average molecular weight is 256 g/mol. The maximum atomic E-state index is 11.7. The Kier molecular flexibility index (Phi) is 4.32. The van der Waals surface area contributed by atoms with Gasteiger partial charge in [-0.15, -0.1) is 0 Å². The summed E-state index contributed by atoms with van der Waals surface area (Å²) in [6, 6.07) is 6.59. The highest BCUT2D eigenvalue weighted by atomic mass is 16.3. The molecule has 0 bridgehead atoms. The van der Waals surface area contributed by atoms with Crippen molar-refractivity contribution >= 4 is 11.7 Å². The van der Waals surface area contributed by atoms with Crippen LogP contribution in [-0.2, 0) is 0 Å². The Morgan fingerprint density at radius 1 is 1.47 bits per heavy atom. The summed E-state index contributed by atoms with van der Waals surface area (Å²) >= 11 is 0. The number of rotatable bonds is 3. The number of aromatic nitrogens is 1. The molecular weight excluding hydrogens is 244 g/mol. The number of furan rings is 1. The van der Waals surface area contributed by atoms with Crippen molar-refractivity contribution in [3.05, 3.63) is 48.0 Å². The topological polar surface area (TPSA) is 75.4 Å². The third-order valence-corrected chi connectivity index (χ3v) is 2.22. The van der Waals surface area contributed by atoms with Gasteiger partial charge in [-0.2, -0.15) is 0 Å². The van der Waals surface area contributed by atoms with E-state index < -0.39 is 0 Å². The van der Waals surface area contributed by atoms with Crippen LogP contribution in [0.2, 0.25) is 0 Å². The van der Waals surface area contributed by atoms with E-state index in [1.54, 1.807) is 30.5 Å². The highest BCUT2D eigenvalue weighted by Gasteiger charge is 2.09. The third kappa shape index (κ3) is 3.69. The van der Waals surface area contributed by atoms with Crippen molar-refractivity contribution < 1.29 is 14.3 Å². The molecule has 0 aliphatic carbocycles. The van der Waals surface area contributed by atoms with Gasteiger partial charge < -0.3 is 14.8 Å². The Bertz CT molecular complexity index is 609. The summed E-state index contributed by atoms with van der Waals surface area (Å²) < 4.78 is 4.98. The first-order chi connectivity index (χ1) is 9.29. The van der Waals surface area contributed by atoms with Gasteiger partial charge in [0.25, 0.3) is 5.91 Å². The molecule has 0 unspecified atom stereocenters. The molecule has 0 fully saturated rings. The summed E-state index contributed by atoms with van der Waals surface area (Å²) in [5.74, 6) is 5.93. The van der Waals surface area contributed by atoms with Crippen LogP contribution in [0.1, 0.15) is 22.5 Å². The summed E-state index contributed by atoms with van der Waals surface area (Å²) in [5.41, 5.74) is 0.721. The molecule has 5 nitrogen and oxygen atoms in total. The molecule has 2 N–H and O–H groups in total. The average Bonchev–Trinajstić information content (AvgIpc) is 2.93. The Morgan fingerprint density at radius 3 is 3.11 bits per heavy atom. The quantitative estimate of drug-likeness (QED) is 0.819. The van der Waals surface area contributed by atoms with Crippen molar-refractivity contribution in [2.24, 2.45) is 0 Å². The molecule has 2 aromatic rings. The van der Waals surface area contributed by atoms with Crippen LogP contribution in [0, 0.1) is 11.8 Å². The van der Waals surface area contributed by atoms with Gasteiger partial charge in [0, 0.05) is 18.2 Å². The molecule has 2 rings (SSSR count). The zero-order valence-corrected chi connectivity index (χ0v) is 10.1. The van der Waals surface area contributed by atoms with Gasteiger partial charge in [0.05, 0.1) is 12.9 Å². The van der Waals surface area contributed by atoms with Gasteiger partial charge in [0.1, 0.15) is 5.82 Å². The standard InChI is InChI=1S/C14H12N2O3/c17-8-2-1-4-11-6-7-15-13(10-11)16-14(18)12-5-3-9-19-12/h3,5-7,9-10,17H,2,8H2,(H,15,16,18). The Balaban J connectivity index is 2.07. The molecule has 96 valence electrons. The van der Waals surface area contributed by atoms with E-state index >= 15 is 0 Å². The first kappa shape index (κ1) is 12.9. The predicted octanol–water partition coefficient (Wildman–Crippen LogP) is 1.66. The van der Waals surface area contributed by atoms with Crippen molar-refractivity contribution in [1.82, 2.24) is 4.98 Å². The number of nitrogens with zero attached hydrogens (tertiary/aromatic N) is 1. The van der Waals surface area contributed by atoms with E-state index in [-0.39, 0.29) is 18.3 Å². The Labute approximate surface area is 110 Å². The third-order valence-electron chi connectivity index (χ3n) is 2.22. The molecule has 2 heterocycles. The molecule has 0 saturated carbocycles. The highest BCUT2D eigenvalue weighted by molar-refractivity contribution is 6.01. The largest absolute Gasteiger partial charge is 0.459 e. The lowest BCUT2D eigenvalue weighted by atomic mass is 10.2. The maximum absolute atomic E-state index is 11.7. The predicted molar refractivity (Wildman–Crippen MR) is 69.5 cm³/mol. The van der Waals surface area contributed by atoms with E-state index in [0.29, 0.717) is 12.2 Å². The number of carbonyl (C=O) groups is 1. The summed E-state index contributed by atoms with van der Waals surface area (Å²) in [6.45, 7) is 0.0279. The zero-order chi connectivity index (χ0) is 13.5. The first-order valence-electron chi connectivity index (χ1n) is 5.70. The fourth-order valence-corrected chi connectivity index (χ4v) is 1.38. The molecule has 0 aliphatic rings. The lowest BCUT2D eigenvalue weighted by Crippen LogP contribution is -2.11. The Hall–Kier alpha value is -2.58. The first-order valence-corrected chi connectivity index (χ1v) is 5.70. The molecule has 0 aliphatic heterocycles. The number of carbonyl (C=O) groups excluding carboxylic acids is 1. The number of aliphatic hydroxyl groups excluding tert-OH is 1. The number of aliphatic hydroxyl groups is 1. The van der Waals surface area contributed by atoms with E-state index in [1.807, 2.05) is 0 Å². The second-order valence-electron chi connectivity index (χ2n) is 3.64. The van der Waals surface area contributed by atoms with Crippen molar-refractivity contribution in [2.45, 2.75) is 6.42 Å². The van der Waals surface area contributed by atoms with E-state index in [2.05, 4.69) is 22.1 Å². The fraction of sp³-hybridized carbons (Fsp3) is 0.143. The summed E-state index contributed by atoms with van der Waals surface area (Å²) in [4.78, 5) is 15.8. The zero-order valence-electron chi connectivity index (χ0n) is 10.1. The summed E-state index contributed by atoms with van der Waals surface area (Å²) in [7, 11) is 0. The monoisotopic (exact) mass is 256 g/mol. The van der Waals surface area contributed by atoms with Gasteiger partial charge in [-0.1, -0.05) is 11.8 Å². The van der Waals surface area contributed by atoms with Gasteiger partial charge >= 0.3 is 0 Å². The number of amides is 1. The van der Waals surface area contributed by atoms with Crippen LogP contribution in [0.25, 0.3) is 0 Å². The summed E-state index contributed by atoms with van der Waals surface area (Å²) in [6.07, 6.45) is 3.40. The highest BCUT2D eigenvalue weighted by Crippen LogP contribution is 2.08. The Morgan fingerprint density at radius 2 is 2.37 bits per heavy atom. The minimum atomic E-state index is -0.363. The van der Waals surface area contributed by atoms with Crippen LogP contribution < -0.4 is 5.32 Å². The minimum absolute atomic E-state index is 0.0279. The van der Waals surface area contributed by atoms with Gasteiger partial charge in [0.15, 0.2) is 5.76 Å². The van der Waals surface area contributed by atoms with Gasteiger partial charge in [-0.25, -0.2) is 4.98 Å². The molecule has 0 spiro atoms. The van der Waals surface area contributed by atoms with Crippen molar-refractivity contribution in [3.8, 4) is 11.8 Å². The molecule has 0 atom stereocenters. The number of hydrogen-bond acceptors (Lipinski definition) is 4. The van der Waals surface area contributed by atoms with E-state index in [9.17, 15) is 4.79 Å². The maximum Gasteiger partial charge on any atom is 0.292 e. The SMILES string of the molecule is O=C(Nc1cc(C#CCCO)ccn1)c1ccco1.